The lowest BCUT2D eigenvalue weighted by Gasteiger charge is -2.38. The Bertz CT molecular complexity index is 784. The highest BCUT2D eigenvalue weighted by atomic mass is 35.5. The minimum Gasteiger partial charge on any atom is -0.480 e. The van der Waals surface area contributed by atoms with Crippen LogP contribution >= 0.6 is 11.6 Å². The number of anilines is 1. The van der Waals surface area contributed by atoms with Crippen LogP contribution in [0, 0.1) is 5.41 Å². The molecule has 0 unspecified atom stereocenters. The van der Waals surface area contributed by atoms with Gasteiger partial charge in [-0.2, -0.15) is 4.98 Å². The third-order valence-electron chi connectivity index (χ3n) is 4.97. The molecule has 0 radical (unpaired) electrons. The number of nitrogens with two attached hydrogens (primary N) is 1. The molecule has 0 aromatic carbocycles. The molecule has 174 valence electrons. The first-order valence-electron chi connectivity index (χ1n) is 10.3. The van der Waals surface area contributed by atoms with Crippen molar-refractivity contribution in [3.05, 3.63) is 16.7 Å². The molecule has 2 atom stereocenters. The van der Waals surface area contributed by atoms with Crippen molar-refractivity contribution in [3.8, 4) is 5.88 Å². The summed E-state index contributed by atoms with van der Waals surface area (Å²) in [5.41, 5.74) is 5.84. The van der Waals surface area contributed by atoms with Crippen molar-refractivity contribution in [1.29, 1.82) is 0 Å². The van der Waals surface area contributed by atoms with Crippen LogP contribution in [0.4, 0.5) is 5.82 Å². The highest BCUT2D eigenvalue weighted by Crippen LogP contribution is 2.25. The third-order valence-corrected chi connectivity index (χ3v) is 5.27. The average molecular weight is 457 g/mol. The number of amides is 1. The Balaban J connectivity index is 1.91. The molecular formula is C21H33ClN4O5. The number of ether oxygens (including phenoxy) is 3. The Labute approximate surface area is 188 Å². The Kier molecular flexibility index (Phi) is 8.90. The molecule has 0 aliphatic carbocycles. The van der Waals surface area contributed by atoms with Gasteiger partial charge in [0.05, 0.1) is 37.3 Å². The number of esters is 1. The van der Waals surface area contributed by atoms with Gasteiger partial charge < -0.3 is 30.2 Å². The lowest BCUT2D eigenvalue weighted by atomic mass is 9.99. The second-order valence-corrected chi connectivity index (χ2v) is 9.23. The number of pyridine rings is 1. The molecule has 1 fully saturated rings. The maximum Gasteiger partial charge on any atom is 0.307 e. The molecule has 1 amide bonds. The van der Waals surface area contributed by atoms with Crippen molar-refractivity contribution in [2.24, 2.45) is 5.41 Å². The van der Waals surface area contributed by atoms with E-state index >= 15 is 0 Å². The summed E-state index contributed by atoms with van der Waals surface area (Å²) < 4.78 is 16.1. The summed E-state index contributed by atoms with van der Waals surface area (Å²) in [6, 6.07) is 1.24. The number of hydrogen-bond donors (Lipinski definition) is 2. The number of likely N-dealkylation sites (tertiary alicyclic amines) is 1. The molecule has 2 heterocycles. The van der Waals surface area contributed by atoms with Crippen LogP contribution in [0.15, 0.2) is 6.07 Å². The largest absolute Gasteiger partial charge is 0.480 e. The minimum atomic E-state index is -0.363. The van der Waals surface area contributed by atoms with Gasteiger partial charge in [-0.05, 0) is 17.9 Å². The number of halogens is 1. The predicted octanol–water partition coefficient (Wildman–Crippen LogP) is 2.12. The Hall–Kier alpha value is -2.10. The maximum atomic E-state index is 12.8. The van der Waals surface area contributed by atoms with Crippen LogP contribution in [-0.2, 0) is 14.3 Å². The number of piperidine rings is 1. The van der Waals surface area contributed by atoms with Gasteiger partial charge in [-0.15, -0.1) is 0 Å². The second-order valence-electron chi connectivity index (χ2n) is 8.83. The van der Waals surface area contributed by atoms with E-state index in [1.165, 1.54) is 13.2 Å². The molecule has 10 heteroatoms. The summed E-state index contributed by atoms with van der Waals surface area (Å²) in [6.07, 6.45) is 0.752. The maximum absolute atomic E-state index is 12.8. The molecule has 1 saturated heterocycles. The van der Waals surface area contributed by atoms with Gasteiger partial charge in [0.15, 0.2) is 0 Å². The second kappa shape index (κ2) is 11.0. The zero-order chi connectivity index (χ0) is 23.2. The quantitative estimate of drug-likeness (QED) is 0.571. The van der Waals surface area contributed by atoms with Gasteiger partial charge >= 0.3 is 5.97 Å². The summed E-state index contributed by atoms with van der Waals surface area (Å²) in [4.78, 5) is 30.9. The smallest absolute Gasteiger partial charge is 0.307 e. The van der Waals surface area contributed by atoms with Crippen LogP contribution in [0.25, 0.3) is 0 Å². The van der Waals surface area contributed by atoms with Gasteiger partial charge in [0.1, 0.15) is 11.4 Å². The molecule has 1 aliphatic rings. The first kappa shape index (κ1) is 25.2. The van der Waals surface area contributed by atoms with Crippen LogP contribution in [0.1, 0.15) is 44.0 Å². The van der Waals surface area contributed by atoms with Crippen molar-refractivity contribution in [3.63, 3.8) is 0 Å². The number of aromatic nitrogens is 1. The molecule has 3 N–H and O–H groups in total. The van der Waals surface area contributed by atoms with Crippen LogP contribution in [0.5, 0.6) is 5.88 Å². The van der Waals surface area contributed by atoms with Gasteiger partial charge in [0, 0.05) is 26.7 Å². The highest BCUT2D eigenvalue weighted by Gasteiger charge is 2.31. The van der Waals surface area contributed by atoms with Crippen molar-refractivity contribution in [1.82, 2.24) is 15.2 Å². The monoisotopic (exact) mass is 456 g/mol. The van der Waals surface area contributed by atoms with E-state index in [0.717, 1.165) is 6.54 Å². The van der Waals surface area contributed by atoms with Gasteiger partial charge in [0.25, 0.3) is 5.91 Å². The number of methoxy groups -OCH3 is 2. The molecular weight excluding hydrogens is 424 g/mol. The molecule has 0 saturated carbocycles. The first-order valence-corrected chi connectivity index (χ1v) is 10.6. The predicted molar refractivity (Wildman–Crippen MR) is 118 cm³/mol. The third kappa shape index (κ3) is 7.52. The molecule has 1 aromatic heterocycles. The van der Waals surface area contributed by atoms with Crippen LogP contribution in [0.2, 0.25) is 5.02 Å². The fraction of sp³-hybridized carbons (Fsp3) is 0.667. The van der Waals surface area contributed by atoms with E-state index in [9.17, 15) is 9.59 Å². The van der Waals surface area contributed by atoms with E-state index in [1.54, 1.807) is 7.11 Å². The van der Waals surface area contributed by atoms with Gasteiger partial charge in [-0.1, -0.05) is 32.4 Å². The summed E-state index contributed by atoms with van der Waals surface area (Å²) in [6.45, 7) is 8.34. The number of nitrogens with zero attached hydrogens (tertiary/aromatic N) is 2. The van der Waals surface area contributed by atoms with Crippen molar-refractivity contribution in [2.45, 2.75) is 45.8 Å². The van der Waals surface area contributed by atoms with Gasteiger partial charge in [-0.25, -0.2) is 0 Å². The normalized spacial score (nSPS) is 19.7. The molecule has 9 nitrogen and oxygen atoms in total. The van der Waals surface area contributed by atoms with Crippen LogP contribution in [0.3, 0.4) is 0 Å². The molecule has 1 aliphatic heterocycles. The van der Waals surface area contributed by atoms with E-state index in [4.69, 9.17) is 31.5 Å². The number of hydrogen-bond acceptors (Lipinski definition) is 8. The molecule has 0 spiro atoms. The minimum absolute atomic E-state index is 0.0553. The lowest BCUT2D eigenvalue weighted by molar-refractivity contribution is -0.147. The standard InChI is InChI=1S/C21H33ClN4O5/c1-21(2,3)12-31-17(27)7-9-26-8-6-15(16(11-26)29-4)24-19(28)13-10-14(22)18(23)25-20(13)30-5/h10,15-16H,6-9,11-12H2,1-5H3,(H2,23,25)(H,24,28)/t15-,16+/m1/s1. The lowest BCUT2D eigenvalue weighted by Crippen LogP contribution is -2.55. The van der Waals surface area contributed by atoms with Crippen molar-refractivity contribution >= 4 is 29.3 Å². The number of nitrogen functional groups attached to an aromatic ring is 1. The van der Waals surface area contributed by atoms with Crippen LogP contribution < -0.4 is 15.8 Å². The van der Waals surface area contributed by atoms with Gasteiger partial charge in [-0.3, -0.25) is 9.59 Å². The van der Waals surface area contributed by atoms with Gasteiger partial charge in [0.2, 0.25) is 5.88 Å². The Morgan fingerprint density at radius 2 is 2.06 bits per heavy atom. The zero-order valence-corrected chi connectivity index (χ0v) is 19.6. The topological polar surface area (TPSA) is 116 Å². The molecule has 31 heavy (non-hydrogen) atoms. The first-order chi connectivity index (χ1) is 14.5. The molecule has 1 aromatic rings. The summed E-state index contributed by atoms with van der Waals surface area (Å²) >= 11 is 6.02. The Morgan fingerprint density at radius 1 is 1.35 bits per heavy atom. The number of nitrogens with one attached hydrogen (secondary N) is 1. The fourth-order valence-electron chi connectivity index (χ4n) is 3.26. The van der Waals surface area contributed by atoms with E-state index < -0.39 is 0 Å². The van der Waals surface area contributed by atoms with E-state index in [2.05, 4.69) is 15.2 Å². The number of carbonyl (C=O) groups excluding carboxylic acids is 2. The number of carbonyl (C=O) groups is 2. The SMILES string of the molecule is COc1nc(N)c(Cl)cc1C(=O)N[C@@H]1CCN(CCC(=O)OCC(C)(C)C)C[C@@H]1OC. The van der Waals surface area contributed by atoms with E-state index in [0.29, 0.717) is 32.5 Å². The average Bonchev–Trinajstić information content (AvgIpc) is 2.72. The Morgan fingerprint density at radius 3 is 2.68 bits per heavy atom. The van der Waals surface area contributed by atoms with E-state index in [1.807, 2.05) is 20.8 Å². The fourth-order valence-corrected chi connectivity index (χ4v) is 3.41. The van der Waals surface area contributed by atoms with Crippen molar-refractivity contribution in [2.75, 3.05) is 46.2 Å². The summed E-state index contributed by atoms with van der Waals surface area (Å²) in [7, 11) is 3.02. The van der Waals surface area contributed by atoms with Crippen LogP contribution in [-0.4, -0.2) is 74.4 Å². The highest BCUT2D eigenvalue weighted by molar-refractivity contribution is 6.33. The zero-order valence-electron chi connectivity index (χ0n) is 18.9. The molecule has 2 rings (SSSR count). The summed E-state index contributed by atoms with van der Waals surface area (Å²) in [5.74, 6) is -0.365. The molecule has 0 bridgehead atoms. The summed E-state index contributed by atoms with van der Waals surface area (Å²) in [5, 5.41) is 3.16. The van der Waals surface area contributed by atoms with E-state index in [-0.39, 0.29) is 51.7 Å². The van der Waals surface area contributed by atoms with Crippen molar-refractivity contribution < 1.29 is 23.8 Å². The number of rotatable bonds is 8.